The fraction of sp³-hybridized carbons (Fsp3) is 0.538. The molecule has 1 aromatic carbocycles. The Kier molecular flexibility index (Phi) is 7.62. The molecule has 2 aliphatic rings. The number of carbonyl (C=O) groups excluding carboxylic acids is 1. The van der Waals surface area contributed by atoms with Crippen LogP contribution in [0.25, 0.3) is 0 Å². The highest BCUT2D eigenvalue weighted by molar-refractivity contribution is 7.91. The first-order valence-corrected chi connectivity index (χ1v) is 14.4. The lowest BCUT2D eigenvalue weighted by molar-refractivity contribution is -0.119. The summed E-state index contributed by atoms with van der Waals surface area (Å²) in [5.74, 6) is -0.206. The minimum atomic E-state index is -3.42. The van der Waals surface area contributed by atoms with E-state index in [4.69, 9.17) is 10.00 Å². The molecule has 1 aliphatic heterocycles. The maximum Gasteiger partial charge on any atom is 0.232 e. The normalized spacial score (nSPS) is 17.4. The zero-order chi connectivity index (χ0) is 25.9. The van der Waals surface area contributed by atoms with Crippen LogP contribution in [0.4, 0.5) is 17.1 Å². The number of hydrogen-bond acceptors (Lipinski definition) is 9. The number of nitrogens with zero attached hydrogens (tertiary/aromatic N) is 4. The minimum absolute atomic E-state index is 0.0847. The highest BCUT2D eigenvalue weighted by atomic mass is 32.2. The van der Waals surface area contributed by atoms with E-state index in [1.165, 1.54) is 0 Å². The molecule has 2 fully saturated rings. The molecular weight excluding hydrogens is 478 g/mol. The molecule has 1 aliphatic carbocycles. The van der Waals surface area contributed by atoms with Crippen LogP contribution >= 0.6 is 0 Å². The van der Waals surface area contributed by atoms with Crippen LogP contribution in [0.2, 0.25) is 0 Å². The quantitative estimate of drug-likeness (QED) is 0.511. The van der Waals surface area contributed by atoms with Gasteiger partial charge in [0.15, 0.2) is 15.6 Å². The number of ketones is 1. The van der Waals surface area contributed by atoms with Crippen LogP contribution in [-0.2, 0) is 24.8 Å². The van der Waals surface area contributed by atoms with Gasteiger partial charge in [0.2, 0.25) is 5.82 Å². The number of nitriles is 1. The standard InChI is InChI=1S/C26H33N5O4S/c1-18(2)16-31(21-6-10-35-11-7-21)23-5-4-19(26(8-9-26)24(32)17-36(3,33)34)12-22(23)30-20-14-28-25(13-27)29-15-20/h4-5,12,14-15,18,21,30H,6-11,16-17H2,1-3H3. The number of nitrogens with one attached hydrogen (secondary N) is 1. The van der Waals surface area contributed by atoms with E-state index < -0.39 is 21.0 Å². The zero-order valence-corrected chi connectivity index (χ0v) is 21.8. The fourth-order valence-corrected chi connectivity index (χ4v) is 5.61. The zero-order valence-electron chi connectivity index (χ0n) is 21.0. The van der Waals surface area contributed by atoms with Gasteiger partial charge in [-0.2, -0.15) is 5.26 Å². The van der Waals surface area contributed by atoms with Crippen molar-refractivity contribution in [2.45, 2.75) is 51.0 Å². The average Bonchev–Trinajstić information content (AvgIpc) is 3.65. The number of Topliss-reactive ketones (excluding diaryl/α,β-unsaturated/α-hetero) is 1. The summed E-state index contributed by atoms with van der Waals surface area (Å²) in [6, 6.07) is 8.20. The first-order valence-electron chi connectivity index (χ1n) is 12.3. The van der Waals surface area contributed by atoms with E-state index in [0.717, 1.165) is 42.6 Å². The van der Waals surface area contributed by atoms with E-state index >= 15 is 0 Å². The summed E-state index contributed by atoms with van der Waals surface area (Å²) < 4.78 is 29.3. The second-order valence-corrected chi connectivity index (χ2v) is 12.4. The summed E-state index contributed by atoms with van der Waals surface area (Å²) in [4.78, 5) is 23.6. The Morgan fingerprint density at radius 2 is 1.92 bits per heavy atom. The van der Waals surface area contributed by atoms with Crippen LogP contribution in [0.1, 0.15) is 50.9 Å². The van der Waals surface area contributed by atoms with Crippen molar-refractivity contribution in [1.82, 2.24) is 9.97 Å². The van der Waals surface area contributed by atoms with Crippen LogP contribution in [0, 0.1) is 17.2 Å². The van der Waals surface area contributed by atoms with Gasteiger partial charge in [-0.1, -0.05) is 19.9 Å². The van der Waals surface area contributed by atoms with E-state index in [1.54, 1.807) is 12.4 Å². The molecule has 4 rings (SSSR count). The molecule has 1 aromatic heterocycles. The SMILES string of the molecule is CC(C)CN(c1ccc(C2(C(=O)CS(C)(=O)=O)CC2)cc1Nc1cnc(C#N)nc1)C1CCOCC1. The Morgan fingerprint density at radius 3 is 2.47 bits per heavy atom. The van der Waals surface area contributed by atoms with Gasteiger partial charge in [0.1, 0.15) is 11.8 Å². The lowest BCUT2D eigenvalue weighted by Gasteiger charge is -2.38. The van der Waals surface area contributed by atoms with Gasteiger partial charge in [-0.05, 0) is 49.3 Å². The number of rotatable bonds is 10. The van der Waals surface area contributed by atoms with Crippen LogP contribution in [0.15, 0.2) is 30.6 Å². The average molecular weight is 512 g/mol. The Hall–Kier alpha value is -3.03. The molecule has 0 spiro atoms. The Morgan fingerprint density at radius 1 is 1.25 bits per heavy atom. The Balaban J connectivity index is 1.75. The third kappa shape index (κ3) is 6.02. The maximum atomic E-state index is 13.0. The summed E-state index contributed by atoms with van der Waals surface area (Å²) >= 11 is 0. The fourth-order valence-electron chi connectivity index (χ4n) is 4.85. The van der Waals surface area contributed by atoms with Gasteiger partial charge in [0.05, 0.1) is 34.9 Å². The summed E-state index contributed by atoms with van der Waals surface area (Å²) in [5.41, 5.74) is 2.46. The molecule has 0 amide bonds. The molecule has 0 unspecified atom stereocenters. The van der Waals surface area contributed by atoms with Gasteiger partial charge in [0.25, 0.3) is 0 Å². The van der Waals surface area contributed by atoms with Crippen molar-refractivity contribution >= 4 is 32.7 Å². The largest absolute Gasteiger partial charge is 0.381 e. The molecule has 1 N–H and O–H groups in total. The van der Waals surface area contributed by atoms with Gasteiger partial charge in [-0.25, -0.2) is 18.4 Å². The molecule has 9 nitrogen and oxygen atoms in total. The summed E-state index contributed by atoms with van der Waals surface area (Å²) in [5, 5.41) is 12.4. The number of benzene rings is 1. The van der Waals surface area contributed by atoms with Gasteiger partial charge >= 0.3 is 0 Å². The first kappa shape index (κ1) is 26.0. The van der Waals surface area contributed by atoms with Crippen molar-refractivity contribution in [3.05, 3.63) is 42.0 Å². The molecular formula is C26H33N5O4S. The van der Waals surface area contributed by atoms with Crippen molar-refractivity contribution in [2.75, 3.05) is 42.0 Å². The minimum Gasteiger partial charge on any atom is -0.381 e. The van der Waals surface area contributed by atoms with Crippen LogP contribution < -0.4 is 10.2 Å². The topological polar surface area (TPSA) is 125 Å². The molecule has 10 heteroatoms. The van der Waals surface area contributed by atoms with Gasteiger partial charge < -0.3 is 15.0 Å². The summed E-state index contributed by atoms with van der Waals surface area (Å²) in [6.07, 6.45) is 7.33. The predicted molar refractivity (Wildman–Crippen MR) is 138 cm³/mol. The second kappa shape index (κ2) is 10.5. The summed E-state index contributed by atoms with van der Waals surface area (Å²) in [6.45, 7) is 6.65. The maximum absolute atomic E-state index is 13.0. The highest BCUT2D eigenvalue weighted by Crippen LogP contribution is 2.51. The van der Waals surface area contributed by atoms with Crippen LogP contribution in [0.5, 0.6) is 0 Å². The molecule has 0 bridgehead atoms. The van der Waals surface area contributed by atoms with Gasteiger partial charge in [0, 0.05) is 32.1 Å². The number of aromatic nitrogens is 2. The number of hydrogen-bond donors (Lipinski definition) is 1. The molecule has 0 radical (unpaired) electrons. The number of anilines is 3. The van der Waals surface area contributed by atoms with Crippen molar-refractivity contribution in [3.8, 4) is 6.07 Å². The van der Waals surface area contributed by atoms with E-state index in [-0.39, 0.29) is 11.6 Å². The third-order valence-electron chi connectivity index (χ3n) is 6.76. The van der Waals surface area contributed by atoms with Crippen LogP contribution in [-0.4, -0.2) is 62.0 Å². The molecule has 1 saturated carbocycles. The third-order valence-corrected chi connectivity index (χ3v) is 7.55. The lowest BCUT2D eigenvalue weighted by Crippen LogP contribution is -2.42. The van der Waals surface area contributed by atoms with Crippen LogP contribution in [0.3, 0.4) is 0 Å². The summed E-state index contributed by atoms with van der Waals surface area (Å²) in [7, 11) is -3.42. The van der Waals surface area contributed by atoms with Crippen molar-refractivity contribution < 1.29 is 17.9 Å². The number of ether oxygens (including phenoxy) is 1. The van der Waals surface area contributed by atoms with Gasteiger partial charge in [-0.3, -0.25) is 4.79 Å². The molecule has 192 valence electrons. The molecule has 1 saturated heterocycles. The molecule has 2 aromatic rings. The van der Waals surface area contributed by atoms with Gasteiger partial charge in [-0.15, -0.1) is 0 Å². The van der Waals surface area contributed by atoms with Crippen molar-refractivity contribution in [1.29, 1.82) is 5.26 Å². The highest BCUT2D eigenvalue weighted by Gasteiger charge is 2.51. The number of sulfone groups is 1. The smallest absolute Gasteiger partial charge is 0.232 e. The Bertz CT molecular complexity index is 1240. The number of carbonyl (C=O) groups is 1. The van der Waals surface area contributed by atoms with Crippen molar-refractivity contribution in [2.24, 2.45) is 5.92 Å². The second-order valence-electron chi connectivity index (χ2n) is 10.2. The molecule has 36 heavy (non-hydrogen) atoms. The van der Waals surface area contributed by atoms with Crippen molar-refractivity contribution in [3.63, 3.8) is 0 Å². The van der Waals surface area contributed by atoms with E-state index in [0.29, 0.717) is 43.7 Å². The van der Waals surface area contributed by atoms with E-state index in [9.17, 15) is 13.2 Å². The molecule has 2 heterocycles. The van der Waals surface area contributed by atoms with E-state index in [1.807, 2.05) is 24.3 Å². The Labute approximate surface area is 212 Å². The molecule has 0 atom stereocenters. The first-order chi connectivity index (χ1) is 17.1. The van der Waals surface area contributed by atoms with E-state index in [2.05, 4.69) is 34.0 Å². The predicted octanol–water partition coefficient (Wildman–Crippen LogP) is 3.38. The monoisotopic (exact) mass is 511 g/mol. The lowest BCUT2D eigenvalue weighted by atomic mass is 9.90.